The summed E-state index contributed by atoms with van der Waals surface area (Å²) in [7, 11) is 0. The maximum atomic E-state index is 13.0. The number of allylic oxidation sites excluding steroid dienone is 1. The molecule has 0 radical (unpaired) electrons. The van der Waals surface area contributed by atoms with E-state index >= 15 is 0 Å². The van der Waals surface area contributed by atoms with E-state index in [1.807, 2.05) is 0 Å². The number of benzene rings is 1. The zero-order chi connectivity index (χ0) is 12.5. The molecule has 0 fully saturated rings. The van der Waals surface area contributed by atoms with Crippen LogP contribution in [0.15, 0.2) is 18.0 Å². The third kappa shape index (κ3) is 2.21. The van der Waals surface area contributed by atoms with Crippen LogP contribution in [0.1, 0.15) is 5.56 Å². The van der Waals surface area contributed by atoms with Gasteiger partial charge in [-0.3, -0.25) is 4.79 Å². The predicted molar refractivity (Wildman–Crippen MR) is 46.3 cm³/mol. The lowest BCUT2D eigenvalue weighted by Crippen LogP contribution is -1.98. The lowest BCUT2D eigenvalue weighted by molar-refractivity contribution is -0.109. The second-order valence-electron chi connectivity index (χ2n) is 2.62. The summed E-state index contributed by atoms with van der Waals surface area (Å²) < 4.78 is 63.7. The second kappa shape index (κ2) is 4.61. The maximum absolute atomic E-state index is 13.0. The molecule has 0 spiro atoms. The molecule has 0 unspecified atom stereocenters. The Bertz CT molecular complexity index is 483. The van der Waals surface area contributed by atoms with Crippen molar-refractivity contribution >= 4 is 22.7 Å². The summed E-state index contributed by atoms with van der Waals surface area (Å²) in [6, 6.07) is 0.835. The Morgan fingerprint density at radius 3 is 2.12 bits per heavy atom. The van der Waals surface area contributed by atoms with E-state index in [1.54, 1.807) is 0 Å². The number of hydrogen-bond acceptors (Lipinski definition) is 1. The average molecular weight is 257 g/mol. The summed E-state index contributed by atoms with van der Waals surface area (Å²) in [6.45, 7) is 0. The number of hydrogen-bond donors (Lipinski definition) is 0. The first-order valence-electron chi connectivity index (χ1n) is 3.75. The highest BCUT2D eigenvalue weighted by molar-refractivity contribution is 6.67. The van der Waals surface area contributed by atoms with Crippen LogP contribution in [0.4, 0.5) is 22.0 Å². The first kappa shape index (κ1) is 12.6. The summed E-state index contributed by atoms with van der Waals surface area (Å²) in [4.78, 5) is 10.2. The third-order valence-corrected chi connectivity index (χ3v) is 1.80. The molecule has 86 valence electrons. The van der Waals surface area contributed by atoms with Crippen LogP contribution in [0.25, 0.3) is 5.83 Å². The minimum absolute atomic E-state index is 0.388. The van der Waals surface area contributed by atoms with Crippen molar-refractivity contribution in [3.05, 3.63) is 41.0 Å². The van der Waals surface area contributed by atoms with Gasteiger partial charge in [0, 0.05) is 0 Å². The molecule has 0 atom stereocenters. The average Bonchev–Trinajstić information content (AvgIpc) is 2.24. The molecule has 0 aliphatic rings. The predicted octanol–water partition coefficient (Wildman–Crippen LogP) is 3.48. The molecule has 0 aliphatic carbocycles. The number of carbonyl (C=O) groups is 1. The molecule has 0 saturated heterocycles. The normalized spacial score (nSPS) is 12.4. The summed E-state index contributed by atoms with van der Waals surface area (Å²) in [6.07, 6.45) is 0. The van der Waals surface area contributed by atoms with Crippen molar-refractivity contribution in [2.75, 3.05) is 0 Å². The largest absolute Gasteiger partial charge is 0.283 e. The van der Waals surface area contributed by atoms with Crippen LogP contribution in [0, 0.1) is 17.5 Å². The van der Waals surface area contributed by atoms with E-state index in [0.29, 0.717) is 12.1 Å². The van der Waals surface area contributed by atoms with Crippen molar-refractivity contribution in [2.24, 2.45) is 0 Å². The SMILES string of the molecule is O=C(Cl)/C(F)=C(\F)c1ccc(F)c(F)c1F. The van der Waals surface area contributed by atoms with E-state index < -0.39 is 39.9 Å². The van der Waals surface area contributed by atoms with Gasteiger partial charge >= 0.3 is 0 Å². The zero-order valence-corrected chi connectivity index (χ0v) is 8.09. The third-order valence-electron chi connectivity index (χ3n) is 1.64. The van der Waals surface area contributed by atoms with Crippen LogP contribution >= 0.6 is 11.6 Å². The van der Waals surface area contributed by atoms with Gasteiger partial charge in [0.1, 0.15) is 0 Å². The van der Waals surface area contributed by atoms with Gasteiger partial charge in [-0.25, -0.2) is 17.6 Å². The first-order valence-corrected chi connectivity index (χ1v) is 4.13. The Morgan fingerprint density at radius 1 is 1.06 bits per heavy atom. The molecule has 0 heterocycles. The molecule has 16 heavy (non-hydrogen) atoms. The van der Waals surface area contributed by atoms with E-state index in [2.05, 4.69) is 11.6 Å². The lowest BCUT2D eigenvalue weighted by Gasteiger charge is -2.02. The Kier molecular flexibility index (Phi) is 3.64. The first-order chi connectivity index (χ1) is 7.36. The quantitative estimate of drug-likeness (QED) is 0.343. The minimum atomic E-state index is -2.08. The molecule has 1 aromatic carbocycles. The monoisotopic (exact) mass is 256 g/mol. The molecular weight excluding hydrogens is 255 g/mol. The standard InChI is InChI=1S/C9H2ClF5O/c10-9(16)8(15)6(13)3-1-2-4(11)7(14)5(3)12/h1-2H/b8-6+. The van der Waals surface area contributed by atoms with Crippen LogP contribution < -0.4 is 0 Å². The van der Waals surface area contributed by atoms with Crippen LogP contribution in [0.5, 0.6) is 0 Å². The van der Waals surface area contributed by atoms with Crippen LogP contribution in [-0.2, 0) is 4.79 Å². The fourth-order valence-corrected chi connectivity index (χ4v) is 0.983. The van der Waals surface area contributed by atoms with Crippen LogP contribution in [0.2, 0.25) is 0 Å². The van der Waals surface area contributed by atoms with Gasteiger partial charge in [-0.2, -0.15) is 4.39 Å². The highest BCUT2D eigenvalue weighted by atomic mass is 35.5. The molecule has 0 aromatic heterocycles. The Balaban J connectivity index is 3.42. The highest BCUT2D eigenvalue weighted by Crippen LogP contribution is 2.27. The highest BCUT2D eigenvalue weighted by Gasteiger charge is 2.21. The molecule has 0 N–H and O–H groups in total. The molecule has 1 aromatic rings. The number of rotatable bonds is 2. The van der Waals surface area contributed by atoms with Crippen molar-refractivity contribution < 1.29 is 26.7 Å². The van der Waals surface area contributed by atoms with Gasteiger partial charge in [-0.15, -0.1) is 0 Å². The molecular formula is C9H2ClF5O. The fourth-order valence-electron chi connectivity index (χ4n) is 0.900. The van der Waals surface area contributed by atoms with Crippen molar-refractivity contribution in [3.63, 3.8) is 0 Å². The van der Waals surface area contributed by atoms with Gasteiger partial charge in [-0.1, -0.05) is 0 Å². The smallest absolute Gasteiger partial charge is 0.273 e. The molecule has 1 rings (SSSR count). The van der Waals surface area contributed by atoms with E-state index in [0.717, 1.165) is 0 Å². The number of halogens is 6. The zero-order valence-electron chi connectivity index (χ0n) is 7.33. The van der Waals surface area contributed by atoms with Gasteiger partial charge in [-0.05, 0) is 23.7 Å². The molecule has 0 aliphatic heterocycles. The van der Waals surface area contributed by atoms with E-state index in [4.69, 9.17) is 0 Å². The topological polar surface area (TPSA) is 17.1 Å². The Hall–Kier alpha value is -1.43. The molecule has 0 saturated carbocycles. The summed E-state index contributed by atoms with van der Waals surface area (Å²) >= 11 is 4.59. The van der Waals surface area contributed by atoms with E-state index in [1.165, 1.54) is 0 Å². The lowest BCUT2D eigenvalue weighted by atomic mass is 10.1. The summed E-state index contributed by atoms with van der Waals surface area (Å²) in [5.41, 5.74) is -1.22. The van der Waals surface area contributed by atoms with Gasteiger partial charge in [0.05, 0.1) is 5.56 Å². The van der Waals surface area contributed by atoms with Crippen LogP contribution in [0.3, 0.4) is 0 Å². The molecule has 1 nitrogen and oxygen atoms in total. The minimum Gasteiger partial charge on any atom is -0.273 e. The fraction of sp³-hybridized carbons (Fsp3) is 0. The Labute approximate surface area is 91.1 Å². The van der Waals surface area contributed by atoms with E-state index in [9.17, 15) is 26.7 Å². The Morgan fingerprint density at radius 2 is 1.62 bits per heavy atom. The van der Waals surface area contributed by atoms with Gasteiger partial charge in [0.2, 0.25) is 5.83 Å². The maximum Gasteiger partial charge on any atom is 0.283 e. The van der Waals surface area contributed by atoms with Gasteiger partial charge in [0.25, 0.3) is 5.24 Å². The van der Waals surface area contributed by atoms with Crippen molar-refractivity contribution in [3.8, 4) is 0 Å². The van der Waals surface area contributed by atoms with Crippen LogP contribution in [-0.4, -0.2) is 5.24 Å². The van der Waals surface area contributed by atoms with Gasteiger partial charge in [0.15, 0.2) is 23.3 Å². The second-order valence-corrected chi connectivity index (χ2v) is 2.97. The molecule has 0 bridgehead atoms. The molecule has 0 amide bonds. The van der Waals surface area contributed by atoms with Gasteiger partial charge < -0.3 is 0 Å². The molecule has 7 heteroatoms. The summed E-state index contributed by atoms with van der Waals surface area (Å²) in [5.74, 6) is -9.54. The van der Waals surface area contributed by atoms with E-state index in [-0.39, 0.29) is 0 Å². The van der Waals surface area contributed by atoms with Crippen molar-refractivity contribution in [1.82, 2.24) is 0 Å². The van der Waals surface area contributed by atoms with Crippen molar-refractivity contribution in [2.45, 2.75) is 0 Å². The summed E-state index contributed by atoms with van der Waals surface area (Å²) in [5, 5.41) is -1.80. The van der Waals surface area contributed by atoms with Crippen molar-refractivity contribution in [1.29, 1.82) is 0 Å². The number of carbonyl (C=O) groups excluding carboxylic acids is 1.